The van der Waals surface area contributed by atoms with Crippen LogP contribution in [0.1, 0.15) is 157 Å². The number of rotatable bonds is 15. The molecule has 2 N–H and O–H groups in total. The van der Waals surface area contributed by atoms with Gasteiger partial charge in [0.2, 0.25) is 11.8 Å². The summed E-state index contributed by atoms with van der Waals surface area (Å²) in [5, 5.41) is 6.35. The number of nitrogens with one attached hydrogen (secondary N) is 2. The first kappa shape index (κ1) is 44.4. The van der Waals surface area contributed by atoms with Crippen molar-refractivity contribution >= 4 is 23.8 Å². The molecule has 1 aromatic carbocycles. The van der Waals surface area contributed by atoms with E-state index in [1.54, 1.807) is 6.92 Å². The molecule has 0 radical (unpaired) electrons. The quantitative estimate of drug-likeness (QED) is 0.104. The van der Waals surface area contributed by atoms with Crippen molar-refractivity contribution in [2.24, 2.45) is 56.7 Å². The molecule has 322 valence electrons. The molecular formula is C50H76N2O6. The second-order valence-corrected chi connectivity index (χ2v) is 20.9. The Labute approximate surface area is 350 Å². The Hall–Kier alpha value is -3.16. The predicted octanol–water partition coefficient (Wildman–Crippen LogP) is 9.93. The highest BCUT2D eigenvalue weighted by atomic mass is 16.5. The molecule has 6 rings (SSSR count). The lowest BCUT2D eigenvalue weighted by Gasteiger charge is -2.72. The molecule has 2 amide bonds. The van der Waals surface area contributed by atoms with Crippen molar-refractivity contribution in [3.63, 3.8) is 0 Å². The van der Waals surface area contributed by atoms with Crippen LogP contribution in [-0.4, -0.2) is 49.6 Å². The van der Waals surface area contributed by atoms with Gasteiger partial charge in [-0.3, -0.25) is 14.4 Å². The minimum absolute atomic E-state index is 0.0134. The Morgan fingerprint density at radius 2 is 1.50 bits per heavy atom. The van der Waals surface area contributed by atoms with Crippen LogP contribution in [0.5, 0.6) is 0 Å². The third-order valence-electron chi connectivity index (χ3n) is 17.7. The molecule has 0 spiro atoms. The van der Waals surface area contributed by atoms with Crippen molar-refractivity contribution < 1.29 is 28.7 Å². The molecular weight excluding hydrogens is 725 g/mol. The minimum Gasteiger partial charge on any atom is -0.467 e. The Morgan fingerprint density at radius 3 is 2.19 bits per heavy atom. The molecule has 58 heavy (non-hydrogen) atoms. The van der Waals surface area contributed by atoms with Crippen molar-refractivity contribution in [3.05, 3.63) is 48.0 Å². The van der Waals surface area contributed by atoms with Crippen LogP contribution >= 0.6 is 0 Å². The van der Waals surface area contributed by atoms with Crippen LogP contribution in [0.2, 0.25) is 0 Å². The second kappa shape index (κ2) is 17.4. The Bertz CT molecular complexity index is 1670. The van der Waals surface area contributed by atoms with Gasteiger partial charge in [0, 0.05) is 31.7 Å². The van der Waals surface area contributed by atoms with E-state index in [9.17, 15) is 19.2 Å². The number of allylic oxidation sites excluding steroid dienone is 1. The van der Waals surface area contributed by atoms with Crippen molar-refractivity contribution in [3.8, 4) is 0 Å². The topological polar surface area (TPSA) is 111 Å². The minimum atomic E-state index is -0.693. The fourth-order valence-corrected chi connectivity index (χ4v) is 14.7. The zero-order chi connectivity index (χ0) is 42.1. The lowest BCUT2D eigenvalue weighted by atomic mass is 9.32. The zero-order valence-corrected chi connectivity index (χ0v) is 37.3. The summed E-state index contributed by atoms with van der Waals surface area (Å²) in [5.74, 6) is 1.93. The average Bonchev–Trinajstić information content (AvgIpc) is 3.58. The first-order valence-corrected chi connectivity index (χ1v) is 23.0. The molecule has 0 unspecified atom stereocenters. The largest absolute Gasteiger partial charge is 0.467 e. The van der Waals surface area contributed by atoms with Gasteiger partial charge in [-0.15, -0.1) is 0 Å². The molecule has 0 heterocycles. The number of esters is 2. The maximum Gasteiger partial charge on any atom is 0.328 e. The lowest BCUT2D eigenvalue weighted by molar-refractivity contribution is -0.248. The van der Waals surface area contributed by atoms with Gasteiger partial charge in [-0.05, 0) is 135 Å². The zero-order valence-electron chi connectivity index (χ0n) is 37.3. The number of ether oxygens (including phenoxy) is 2. The normalized spacial score (nSPS) is 36.5. The van der Waals surface area contributed by atoms with Crippen LogP contribution < -0.4 is 10.6 Å². The van der Waals surface area contributed by atoms with E-state index in [0.29, 0.717) is 49.0 Å². The van der Waals surface area contributed by atoms with Crippen LogP contribution in [0.15, 0.2) is 42.5 Å². The molecule has 0 saturated heterocycles. The van der Waals surface area contributed by atoms with Crippen molar-refractivity contribution in [2.75, 3.05) is 13.7 Å². The molecule has 5 aliphatic carbocycles. The summed E-state index contributed by atoms with van der Waals surface area (Å²) >= 11 is 0. The van der Waals surface area contributed by atoms with Crippen LogP contribution in [0.25, 0.3) is 0 Å². The number of carbonyl (C=O) groups is 4. The van der Waals surface area contributed by atoms with Crippen molar-refractivity contribution in [2.45, 2.75) is 170 Å². The summed E-state index contributed by atoms with van der Waals surface area (Å²) in [7, 11) is 1.35. The highest BCUT2D eigenvalue weighted by Crippen LogP contribution is 2.77. The maximum atomic E-state index is 14.6. The van der Waals surface area contributed by atoms with Gasteiger partial charge in [0.1, 0.15) is 12.1 Å². The molecule has 0 aliphatic heterocycles. The van der Waals surface area contributed by atoms with Gasteiger partial charge in [-0.1, -0.05) is 96.4 Å². The van der Waals surface area contributed by atoms with E-state index in [1.165, 1.54) is 38.4 Å². The fraction of sp³-hybridized carbons (Fsp3) is 0.760. The number of carbonyl (C=O) groups excluding carboxylic acids is 4. The highest BCUT2D eigenvalue weighted by molar-refractivity contribution is 5.85. The molecule has 5 aliphatic rings. The van der Waals surface area contributed by atoms with E-state index in [0.717, 1.165) is 76.2 Å². The van der Waals surface area contributed by atoms with Gasteiger partial charge in [0.05, 0.1) is 12.5 Å². The Balaban J connectivity index is 1.03. The van der Waals surface area contributed by atoms with E-state index >= 15 is 0 Å². The van der Waals surface area contributed by atoms with Gasteiger partial charge in [-0.25, -0.2) is 4.79 Å². The molecule has 0 bridgehead atoms. The predicted molar refractivity (Wildman–Crippen MR) is 229 cm³/mol. The number of hydrogen-bond acceptors (Lipinski definition) is 6. The summed E-state index contributed by atoms with van der Waals surface area (Å²) in [6, 6.07) is 8.96. The first-order chi connectivity index (χ1) is 27.4. The maximum absolute atomic E-state index is 14.6. The van der Waals surface area contributed by atoms with Crippen LogP contribution in [0.4, 0.5) is 0 Å². The van der Waals surface area contributed by atoms with Gasteiger partial charge >= 0.3 is 11.9 Å². The monoisotopic (exact) mass is 801 g/mol. The summed E-state index contributed by atoms with van der Waals surface area (Å²) in [6.07, 6.45) is 16.3. The molecule has 0 aromatic heterocycles. The fourth-order valence-electron chi connectivity index (χ4n) is 14.7. The third-order valence-corrected chi connectivity index (χ3v) is 17.7. The third kappa shape index (κ3) is 8.05. The number of benzene rings is 1. The summed E-state index contributed by atoms with van der Waals surface area (Å²) in [4.78, 5) is 51.7. The first-order valence-electron chi connectivity index (χ1n) is 23.0. The van der Waals surface area contributed by atoms with Gasteiger partial charge < -0.3 is 20.1 Å². The van der Waals surface area contributed by atoms with Gasteiger partial charge in [0.15, 0.2) is 0 Å². The van der Waals surface area contributed by atoms with Gasteiger partial charge in [-0.2, -0.15) is 0 Å². The lowest BCUT2D eigenvalue weighted by Crippen LogP contribution is -2.67. The molecule has 11 atom stereocenters. The van der Waals surface area contributed by atoms with E-state index in [4.69, 9.17) is 9.47 Å². The van der Waals surface area contributed by atoms with Crippen molar-refractivity contribution in [1.29, 1.82) is 0 Å². The SMILES string of the molecule is C=C(C)[C@@H]1CC[C@]2(C(=O)NCCCCCCCC(=O)N[C@@H](Cc3ccccc3)C(=O)OC)CC[C@]3(C)[C@H](CC[C@@H]4[C@@]5(C)CC[C@H](OC(C)=O)C(C)(C)[C@@H]5CC[C@]43C)[C@@H]12. The molecule has 1 aromatic rings. The van der Waals surface area contributed by atoms with Crippen molar-refractivity contribution in [1.82, 2.24) is 10.6 Å². The van der Waals surface area contributed by atoms with E-state index in [-0.39, 0.29) is 51.0 Å². The Kier molecular flexibility index (Phi) is 13.3. The molecule has 5 fully saturated rings. The smallest absolute Gasteiger partial charge is 0.328 e. The van der Waals surface area contributed by atoms with Crippen LogP contribution in [-0.2, 0) is 35.1 Å². The highest BCUT2D eigenvalue weighted by Gasteiger charge is 2.72. The van der Waals surface area contributed by atoms with E-state index < -0.39 is 12.0 Å². The molecule has 8 heteroatoms. The number of methoxy groups -OCH3 is 1. The number of amides is 2. The molecule has 5 saturated carbocycles. The number of fused-ring (bicyclic) bond motifs is 7. The Morgan fingerprint density at radius 1 is 0.793 bits per heavy atom. The number of hydrogen-bond donors (Lipinski definition) is 2. The summed E-state index contributed by atoms with van der Waals surface area (Å²) in [5.41, 5.74) is 2.42. The summed E-state index contributed by atoms with van der Waals surface area (Å²) in [6.45, 7) is 21.6. The summed E-state index contributed by atoms with van der Waals surface area (Å²) < 4.78 is 10.9. The van der Waals surface area contributed by atoms with E-state index in [2.05, 4.69) is 58.8 Å². The average molecular weight is 801 g/mol. The van der Waals surface area contributed by atoms with E-state index in [1.807, 2.05) is 30.3 Å². The van der Waals surface area contributed by atoms with Crippen LogP contribution in [0.3, 0.4) is 0 Å². The second-order valence-electron chi connectivity index (χ2n) is 20.9. The number of unbranched alkanes of at least 4 members (excludes halogenated alkanes) is 4. The van der Waals surface area contributed by atoms with Gasteiger partial charge in [0.25, 0.3) is 0 Å². The van der Waals surface area contributed by atoms with Crippen LogP contribution in [0, 0.1) is 56.7 Å². The molecule has 8 nitrogen and oxygen atoms in total. The standard InChI is InChI=1S/C50H76N2O6/c1-33(2)36-23-28-50(45(56)51-31-17-12-10-11-16-20-42(54)52-38(44(55)57-9)32-35-18-14-13-15-19-35)30-29-48(7)37(43(36)50)21-22-40-47(6)26-25-41(58-34(3)53)46(4,5)39(47)24-27-49(40,48)8/h13-15,18-19,36-41,43H,1,10-12,16-17,20-32H2,2-9H3,(H,51,56)(H,52,54)/t36-,37+,38-,39-,40+,41-,43+,47-,48+,49+,50-/m0/s1.